The number of H-pyrrole nitrogens is 1. The molecule has 0 unspecified atom stereocenters. The predicted octanol–water partition coefficient (Wildman–Crippen LogP) is 0.447. The van der Waals surface area contributed by atoms with E-state index in [-0.39, 0.29) is 11.4 Å². The van der Waals surface area contributed by atoms with Crippen LogP contribution in [0.25, 0.3) is 0 Å². The lowest BCUT2D eigenvalue weighted by Crippen LogP contribution is -2.14. The lowest BCUT2D eigenvalue weighted by Gasteiger charge is -2.01. The van der Waals surface area contributed by atoms with Gasteiger partial charge in [0.1, 0.15) is 5.82 Å². The Labute approximate surface area is 66.6 Å². The van der Waals surface area contributed by atoms with Gasteiger partial charge >= 0.3 is 0 Å². The molecule has 1 aromatic heterocycles. The van der Waals surface area contributed by atoms with Gasteiger partial charge in [-0.05, 0) is 0 Å². The molecule has 6 heteroatoms. The van der Waals surface area contributed by atoms with Crippen LogP contribution in [-0.4, -0.2) is 22.9 Å². The maximum absolute atomic E-state index is 11.6. The summed E-state index contributed by atoms with van der Waals surface area (Å²) in [5.41, 5.74) is -0.373. The zero-order valence-corrected chi connectivity index (χ0v) is 6.05. The summed E-state index contributed by atoms with van der Waals surface area (Å²) in [7, 11) is 0. The fourth-order valence-corrected chi connectivity index (χ4v) is 0.647. The largest absolute Gasteiger partial charge is 0.364 e. The van der Waals surface area contributed by atoms with Crippen molar-refractivity contribution < 1.29 is 8.78 Å². The molecule has 0 aromatic carbocycles. The van der Waals surface area contributed by atoms with Crippen LogP contribution in [-0.2, 0) is 0 Å². The number of rotatable bonds is 3. The molecule has 0 atom stereocenters. The van der Waals surface area contributed by atoms with Gasteiger partial charge in [0.05, 0.1) is 12.9 Å². The number of alkyl halides is 2. The highest BCUT2D eigenvalue weighted by Crippen LogP contribution is 1.97. The van der Waals surface area contributed by atoms with Gasteiger partial charge in [-0.1, -0.05) is 0 Å². The molecule has 0 fully saturated rings. The first-order valence-electron chi connectivity index (χ1n) is 3.25. The molecule has 4 nitrogen and oxygen atoms in total. The van der Waals surface area contributed by atoms with E-state index in [4.69, 9.17) is 0 Å². The Balaban J connectivity index is 2.58. The molecule has 2 N–H and O–H groups in total. The highest BCUT2D eigenvalue weighted by atomic mass is 19.3. The fraction of sp³-hybridized carbons (Fsp3) is 0.333. The normalized spacial score (nSPS) is 10.2. The summed E-state index contributed by atoms with van der Waals surface area (Å²) in [4.78, 5) is 16.5. The van der Waals surface area contributed by atoms with E-state index in [0.29, 0.717) is 0 Å². The maximum atomic E-state index is 11.6. The number of hydrogen-bond donors (Lipinski definition) is 2. The quantitative estimate of drug-likeness (QED) is 0.701. The molecular weight excluding hydrogens is 168 g/mol. The molecule has 0 aliphatic rings. The Morgan fingerprint density at radius 1 is 1.67 bits per heavy atom. The van der Waals surface area contributed by atoms with Crippen molar-refractivity contribution in [1.29, 1.82) is 0 Å². The van der Waals surface area contributed by atoms with Gasteiger partial charge in [0.15, 0.2) is 0 Å². The van der Waals surface area contributed by atoms with Gasteiger partial charge in [-0.2, -0.15) is 0 Å². The summed E-state index contributed by atoms with van der Waals surface area (Å²) in [5, 5.41) is 2.30. The van der Waals surface area contributed by atoms with Crippen LogP contribution in [0.5, 0.6) is 0 Å². The first-order chi connectivity index (χ1) is 5.68. The summed E-state index contributed by atoms with van der Waals surface area (Å²) in [5.74, 6) is 0.152. The van der Waals surface area contributed by atoms with Gasteiger partial charge in [0.25, 0.3) is 12.0 Å². The summed E-state index contributed by atoms with van der Waals surface area (Å²) in [6.45, 7) is -0.504. The Hall–Kier alpha value is -1.46. The summed E-state index contributed by atoms with van der Waals surface area (Å²) < 4.78 is 23.3. The Morgan fingerprint density at radius 3 is 3.00 bits per heavy atom. The topological polar surface area (TPSA) is 57.8 Å². The van der Waals surface area contributed by atoms with E-state index in [2.05, 4.69) is 15.3 Å². The Bertz CT molecular complexity index is 299. The first kappa shape index (κ1) is 8.63. The third-order valence-electron chi connectivity index (χ3n) is 1.12. The fourth-order valence-electron chi connectivity index (χ4n) is 0.647. The molecule has 0 bridgehead atoms. The Morgan fingerprint density at radius 2 is 2.42 bits per heavy atom. The van der Waals surface area contributed by atoms with Crippen LogP contribution in [0, 0.1) is 0 Å². The maximum Gasteiger partial charge on any atom is 0.255 e. The number of anilines is 1. The highest BCUT2D eigenvalue weighted by molar-refractivity contribution is 5.31. The van der Waals surface area contributed by atoms with E-state index in [1.54, 1.807) is 0 Å². The average molecular weight is 175 g/mol. The molecule has 0 amide bonds. The van der Waals surface area contributed by atoms with E-state index in [9.17, 15) is 13.6 Å². The van der Waals surface area contributed by atoms with Crippen molar-refractivity contribution in [3.63, 3.8) is 0 Å². The molecular formula is C6H7F2N3O. The van der Waals surface area contributed by atoms with Crippen molar-refractivity contribution >= 4 is 5.82 Å². The van der Waals surface area contributed by atoms with Crippen LogP contribution in [0.1, 0.15) is 0 Å². The summed E-state index contributed by atoms with van der Waals surface area (Å²) in [6, 6.07) is 1.11. The van der Waals surface area contributed by atoms with E-state index in [1.807, 2.05) is 0 Å². The van der Waals surface area contributed by atoms with Crippen LogP contribution in [0.15, 0.2) is 17.2 Å². The average Bonchev–Trinajstić information content (AvgIpc) is 2.01. The zero-order valence-electron chi connectivity index (χ0n) is 6.05. The lowest BCUT2D eigenvalue weighted by molar-refractivity contribution is 0.163. The molecule has 12 heavy (non-hydrogen) atoms. The third-order valence-corrected chi connectivity index (χ3v) is 1.12. The van der Waals surface area contributed by atoms with Crippen LogP contribution in [0.4, 0.5) is 14.6 Å². The summed E-state index contributed by atoms with van der Waals surface area (Å²) >= 11 is 0. The number of hydrogen-bond acceptors (Lipinski definition) is 3. The van der Waals surface area contributed by atoms with Crippen molar-refractivity contribution in [1.82, 2.24) is 9.97 Å². The number of halogens is 2. The SMILES string of the molecule is O=c1cc(NCC(F)F)nc[nH]1. The predicted molar refractivity (Wildman–Crippen MR) is 39.4 cm³/mol. The van der Waals surface area contributed by atoms with Crippen LogP contribution in [0.3, 0.4) is 0 Å². The third kappa shape index (κ3) is 2.65. The molecule has 66 valence electrons. The van der Waals surface area contributed by atoms with Crippen molar-refractivity contribution in [2.24, 2.45) is 0 Å². The molecule has 0 spiro atoms. The van der Waals surface area contributed by atoms with E-state index in [1.165, 1.54) is 0 Å². The van der Waals surface area contributed by atoms with Crippen LogP contribution < -0.4 is 10.9 Å². The molecule has 0 aliphatic heterocycles. The van der Waals surface area contributed by atoms with Gasteiger partial charge in [-0.15, -0.1) is 0 Å². The van der Waals surface area contributed by atoms with Gasteiger partial charge in [0, 0.05) is 6.07 Å². The second-order valence-electron chi connectivity index (χ2n) is 2.07. The molecule has 0 saturated carbocycles. The van der Waals surface area contributed by atoms with E-state index in [0.717, 1.165) is 12.4 Å². The smallest absolute Gasteiger partial charge is 0.255 e. The molecule has 0 radical (unpaired) electrons. The van der Waals surface area contributed by atoms with Crippen molar-refractivity contribution in [3.8, 4) is 0 Å². The number of nitrogens with zero attached hydrogens (tertiary/aromatic N) is 1. The van der Waals surface area contributed by atoms with Crippen LogP contribution >= 0.6 is 0 Å². The molecule has 1 rings (SSSR count). The first-order valence-corrected chi connectivity index (χ1v) is 3.25. The monoisotopic (exact) mass is 175 g/mol. The minimum Gasteiger partial charge on any atom is -0.364 e. The van der Waals surface area contributed by atoms with E-state index < -0.39 is 13.0 Å². The van der Waals surface area contributed by atoms with Gasteiger partial charge in [-0.25, -0.2) is 13.8 Å². The zero-order chi connectivity index (χ0) is 8.97. The van der Waals surface area contributed by atoms with Gasteiger partial charge in [-0.3, -0.25) is 4.79 Å². The molecule has 0 aliphatic carbocycles. The van der Waals surface area contributed by atoms with Crippen molar-refractivity contribution in [2.75, 3.05) is 11.9 Å². The molecule has 1 aromatic rings. The second-order valence-corrected chi connectivity index (χ2v) is 2.07. The van der Waals surface area contributed by atoms with E-state index >= 15 is 0 Å². The minimum absolute atomic E-state index is 0.152. The minimum atomic E-state index is -2.45. The number of aromatic amines is 1. The highest BCUT2D eigenvalue weighted by Gasteiger charge is 2.01. The van der Waals surface area contributed by atoms with Gasteiger partial charge in [0.2, 0.25) is 0 Å². The van der Waals surface area contributed by atoms with Crippen molar-refractivity contribution in [3.05, 3.63) is 22.7 Å². The van der Waals surface area contributed by atoms with Crippen LogP contribution in [0.2, 0.25) is 0 Å². The van der Waals surface area contributed by atoms with Crippen molar-refractivity contribution in [2.45, 2.75) is 6.43 Å². The lowest BCUT2D eigenvalue weighted by atomic mass is 10.5. The molecule has 0 saturated heterocycles. The summed E-state index contributed by atoms with van der Waals surface area (Å²) in [6.07, 6.45) is -1.30. The number of nitrogens with one attached hydrogen (secondary N) is 2. The molecule has 1 heterocycles. The second kappa shape index (κ2) is 3.80. The van der Waals surface area contributed by atoms with Gasteiger partial charge < -0.3 is 10.3 Å². The standard InChI is InChI=1S/C6H7F2N3O/c7-4(8)2-9-5-1-6(12)11-3-10-5/h1,3-4H,2H2,(H2,9,10,11,12). The Kier molecular flexibility index (Phi) is 2.73. The number of aromatic nitrogens is 2.